The lowest BCUT2D eigenvalue weighted by molar-refractivity contribution is -0.122. The number of thiocarbonyl (C=S) groups is 1. The molecule has 2 N–H and O–H groups in total. The number of phenolic OH excluding ortho intramolecular Hbond substituents is 1. The Morgan fingerprint density at radius 1 is 1.30 bits per heavy atom. The number of carbonyl (C=O) groups excluding carboxylic acids is 1. The Hall–Kier alpha value is -2.09. The number of hydrogen-bond acceptors (Lipinski definition) is 6. The molecule has 7 heteroatoms. The van der Waals surface area contributed by atoms with E-state index < -0.39 is 0 Å². The van der Waals surface area contributed by atoms with Crippen LogP contribution in [0, 0.1) is 0 Å². The Bertz CT molecular complexity index is 858. The number of hydrogen-bond donors (Lipinski definition) is 2. The molecular formula is C20H20N2O2S3. The van der Waals surface area contributed by atoms with Crippen LogP contribution in [0.5, 0.6) is 5.75 Å². The second-order valence-electron chi connectivity index (χ2n) is 6.05. The van der Waals surface area contributed by atoms with Crippen molar-refractivity contribution in [1.82, 2.24) is 10.2 Å². The molecule has 1 aliphatic rings. The molecule has 0 saturated carbocycles. The molecule has 1 saturated heterocycles. The Labute approximate surface area is 172 Å². The van der Waals surface area contributed by atoms with Gasteiger partial charge in [0.2, 0.25) is 0 Å². The molecule has 27 heavy (non-hydrogen) atoms. The van der Waals surface area contributed by atoms with E-state index in [0.29, 0.717) is 22.2 Å². The first-order valence-electron chi connectivity index (χ1n) is 8.51. The molecule has 1 aromatic heterocycles. The van der Waals surface area contributed by atoms with Crippen LogP contribution in [0.15, 0.2) is 59.0 Å². The predicted octanol–water partition coefficient (Wildman–Crippen LogP) is 4.39. The molecule has 1 aliphatic heterocycles. The van der Waals surface area contributed by atoms with E-state index in [2.05, 4.69) is 11.9 Å². The van der Waals surface area contributed by atoms with Crippen molar-refractivity contribution < 1.29 is 9.90 Å². The average Bonchev–Trinajstić information content (AvgIpc) is 3.24. The summed E-state index contributed by atoms with van der Waals surface area (Å²) in [7, 11) is 0. The number of carbonyl (C=O) groups is 1. The molecule has 1 amide bonds. The van der Waals surface area contributed by atoms with Gasteiger partial charge in [0.05, 0.1) is 4.91 Å². The topological polar surface area (TPSA) is 52.6 Å². The predicted molar refractivity (Wildman–Crippen MR) is 118 cm³/mol. The third kappa shape index (κ3) is 5.45. The number of thiophene rings is 1. The van der Waals surface area contributed by atoms with Crippen molar-refractivity contribution in [3.8, 4) is 5.75 Å². The number of aromatic hydroxyl groups is 1. The Balaban J connectivity index is 1.45. The van der Waals surface area contributed by atoms with Crippen molar-refractivity contribution in [3.63, 3.8) is 0 Å². The van der Waals surface area contributed by atoms with Crippen LogP contribution >= 0.6 is 35.3 Å². The summed E-state index contributed by atoms with van der Waals surface area (Å²) in [6, 6.07) is 11.1. The van der Waals surface area contributed by atoms with E-state index in [1.54, 1.807) is 28.4 Å². The summed E-state index contributed by atoms with van der Waals surface area (Å²) in [5.74, 6) is 0.239. The molecule has 3 rings (SSSR count). The summed E-state index contributed by atoms with van der Waals surface area (Å²) in [4.78, 5) is 15.9. The van der Waals surface area contributed by atoms with Crippen LogP contribution in [0.4, 0.5) is 0 Å². The largest absolute Gasteiger partial charge is 0.508 e. The van der Waals surface area contributed by atoms with Crippen LogP contribution in [-0.2, 0) is 11.2 Å². The number of nitrogens with one attached hydrogen (secondary N) is 1. The van der Waals surface area contributed by atoms with Crippen molar-refractivity contribution >= 4 is 51.6 Å². The van der Waals surface area contributed by atoms with Crippen molar-refractivity contribution in [2.45, 2.75) is 12.8 Å². The Morgan fingerprint density at radius 2 is 2.07 bits per heavy atom. The first kappa shape index (κ1) is 19.7. The lowest BCUT2D eigenvalue weighted by Gasteiger charge is -2.16. The average molecular weight is 417 g/mol. The van der Waals surface area contributed by atoms with Gasteiger partial charge < -0.3 is 10.4 Å². The van der Waals surface area contributed by atoms with Crippen LogP contribution in [0.3, 0.4) is 0 Å². The van der Waals surface area contributed by atoms with E-state index >= 15 is 0 Å². The van der Waals surface area contributed by atoms with Crippen molar-refractivity contribution in [3.05, 3.63) is 69.4 Å². The fourth-order valence-corrected chi connectivity index (χ4v) is 4.61. The van der Waals surface area contributed by atoms with E-state index in [1.165, 1.54) is 11.8 Å². The standard InChI is InChI=1S/C20H20N2O2S3/c1-14(21-10-8-15-4-6-16(23)7-5-15)9-11-22-19(24)18(27-20(22)25)13-17-3-2-12-26-17/h2-7,12-13,21,23H,1,8-11H2/b18-13-. The molecule has 0 aliphatic carbocycles. The zero-order valence-corrected chi connectivity index (χ0v) is 17.1. The molecule has 2 aromatic rings. The summed E-state index contributed by atoms with van der Waals surface area (Å²) < 4.78 is 0.597. The molecular weight excluding hydrogens is 396 g/mol. The van der Waals surface area contributed by atoms with Crippen molar-refractivity contribution in [1.29, 1.82) is 0 Å². The summed E-state index contributed by atoms with van der Waals surface area (Å²) in [6.45, 7) is 5.31. The maximum atomic E-state index is 12.6. The SMILES string of the molecule is C=C(CCN1C(=O)/C(=C/c2cccs2)SC1=S)NCCc1ccc(O)cc1. The monoisotopic (exact) mass is 416 g/mol. The number of rotatable bonds is 8. The maximum Gasteiger partial charge on any atom is 0.266 e. The highest BCUT2D eigenvalue weighted by atomic mass is 32.2. The van der Waals surface area contributed by atoms with Crippen molar-refractivity contribution in [2.75, 3.05) is 13.1 Å². The van der Waals surface area contributed by atoms with Crippen LogP contribution < -0.4 is 5.32 Å². The molecule has 1 fully saturated rings. The van der Waals surface area contributed by atoms with Gasteiger partial charge in [-0.3, -0.25) is 9.69 Å². The zero-order valence-electron chi connectivity index (χ0n) is 14.7. The van der Waals surface area contributed by atoms with Gasteiger partial charge >= 0.3 is 0 Å². The molecule has 140 valence electrons. The Morgan fingerprint density at radius 3 is 2.78 bits per heavy atom. The molecule has 1 aromatic carbocycles. The minimum Gasteiger partial charge on any atom is -0.508 e. The number of benzene rings is 1. The van der Waals surface area contributed by atoms with Crippen LogP contribution in [0.25, 0.3) is 6.08 Å². The van der Waals surface area contributed by atoms with Gasteiger partial charge in [-0.05, 0) is 41.6 Å². The quantitative estimate of drug-likeness (QED) is 0.494. The lowest BCUT2D eigenvalue weighted by atomic mass is 10.1. The van der Waals surface area contributed by atoms with Gasteiger partial charge in [-0.25, -0.2) is 0 Å². The summed E-state index contributed by atoms with van der Waals surface area (Å²) in [5, 5.41) is 14.6. The van der Waals surface area contributed by atoms with Crippen LogP contribution in [-0.4, -0.2) is 33.3 Å². The highest BCUT2D eigenvalue weighted by molar-refractivity contribution is 8.26. The summed E-state index contributed by atoms with van der Waals surface area (Å²) in [6.07, 6.45) is 3.38. The minimum atomic E-state index is -0.0321. The van der Waals surface area contributed by atoms with Gasteiger partial charge in [0.25, 0.3) is 5.91 Å². The first-order valence-corrected chi connectivity index (χ1v) is 10.6. The minimum absolute atomic E-state index is 0.0321. The normalized spacial score (nSPS) is 15.6. The van der Waals surface area contributed by atoms with Gasteiger partial charge in [0, 0.05) is 30.1 Å². The molecule has 4 nitrogen and oxygen atoms in total. The zero-order chi connectivity index (χ0) is 19.2. The highest BCUT2D eigenvalue weighted by Crippen LogP contribution is 2.33. The van der Waals surface area contributed by atoms with Gasteiger partial charge in [-0.2, -0.15) is 0 Å². The number of nitrogens with zero attached hydrogens (tertiary/aromatic N) is 1. The van der Waals surface area contributed by atoms with E-state index in [9.17, 15) is 9.90 Å². The molecule has 0 bridgehead atoms. The molecule has 0 radical (unpaired) electrons. The highest BCUT2D eigenvalue weighted by Gasteiger charge is 2.31. The van der Waals surface area contributed by atoms with E-state index in [0.717, 1.165) is 29.1 Å². The second-order valence-corrected chi connectivity index (χ2v) is 8.70. The maximum absolute atomic E-state index is 12.6. The first-order chi connectivity index (χ1) is 13.0. The smallest absolute Gasteiger partial charge is 0.266 e. The van der Waals surface area contributed by atoms with E-state index in [4.69, 9.17) is 12.2 Å². The fourth-order valence-electron chi connectivity index (χ4n) is 2.58. The number of amides is 1. The molecule has 0 atom stereocenters. The van der Waals surface area contributed by atoms with Gasteiger partial charge in [0.15, 0.2) is 0 Å². The van der Waals surface area contributed by atoms with Gasteiger partial charge in [-0.15, -0.1) is 11.3 Å². The number of phenols is 1. The van der Waals surface area contributed by atoms with Gasteiger partial charge in [-0.1, -0.05) is 48.8 Å². The van der Waals surface area contributed by atoms with Crippen LogP contribution in [0.1, 0.15) is 16.9 Å². The summed E-state index contributed by atoms with van der Waals surface area (Å²) in [5.41, 5.74) is 2.02. The molecule has 0 unspecified atom stereocenters. The third-order valence-electron chi connectivity index (χ3n) is 4.05. The van der Waals surface area contributed by atoms with E-state index in [-0.39, 0.29) is 11.7 Å². The Kier molecular flexibility index (Phi) is 6.71. The number of thioether (sulfide) groups is 1. The van der Waals surface area contributed by atoms with E-state index in [1.807, 2.05) is 35.7 Å². The third-order valence-corrected chi connectivity index (χ3v) is 6.25. The lowest BCUT2D eigenvalue weighted by Crippen LogP contribution is -2.30. The van der Waals surface area contributed by atoms with Crippen molar-refractivity contribution in [2.24, 2.45) is 0 Å². The van der Waals surface area contributed by atoms with Gasteiger partial charge in [0.1, 0.15) is 10.1 Å². The fraction of sp³-hybridized carbons (Fsp3) is 0.200. The molecule has 0 spiro atoms. The summed E-state index contributed by atoms with van der Waals surface area (Å²) >= 11 is 8.32. The second kappa shape index (κ2) is 9.21. The van der Waals surface area contributed by atoms with Crippen LogP contribution in [0.2, 0.25) is 0 Å². The molecule has 2 heterocycles.